The molecule has 0 spiro atoms. The molecule has 0 saturated heterocycles. The molecule has 0 aromatic carbocycles. The van der Waals surface area contributed by atoms with Gasteiger partial charge in [0.25, 0.3) is 6.72 Å². The minimum Gasteiger partial charge on any atom is -0.105 e. The van der Waals surface area contributed by atoms with Crippen LogP contribution in [0, 0.1) is 0 Å². The van der Waals surface area contributed by atoms with Crippen molar-refractivity contribution in [2.24, 2.45) is 0 Å². The summed E-state index contributed by atoms with van der Waals surface area (Å²) in [6.45, 7) is 3.41. The fraction of sp³-hybridized carbons (Fsp3) is 0.143. The average Bonchev–Trinajstić information content (AvgIpc) is 1.90. The quantitative estimate of drug-likeness (QED) is 0.319. The van der Waals surface area contributed by atoms with Gasteiger partial charge in [-0.2, -0.15) is 0 Å². The van der Waals surface area contributed by atoms with Gasteiger partial charge in [0.15, 0.2) is 0 Å². The van der Waals surface area contributed by atoms with Crippen molar-refractivity contribution in [3.05, 3.63) is 24.3 Å². The first-order chi connectivity index (χ1) is 3.93. The monoisotopic (exact) mass is 106 g/mol. The van der Waals surface area contributed by atoms with Crippen LogP contribution in [0.2, 0.25) is 0 Å². The van der Waals surface area contributed by atoms with E-state index >= 15 is 0 Å². The normalized spacial score (nSPS) is 16.2. The minimum absolute atomic E-state index is 0.931. The smallest absolute Gasteiger partial charge is 0.105 e. The Balaban J connectivity index is 2.80. The molecule has 0 unspecified atom stereocenters. The Hall–Kier alpha value is -1.07. The highest BCUT2D eigenvalue weighted by Gasteiger charge is 2.01. The van der Waals surface area contributed by atoms with E-state index in [0.717, 1.165) is 12.1 Å². The molecule has 0 bridgehead atoms. The summed E-state index contributed by atoms with van der Waals surface area (Å²) in [5, 5.41) is 0. The molecule has 8 heavy (non-hydrogen) atoms. The van der Waals surface area contributed by atoms with Gasteiger partial charge in [0.05, 0.1) is 6.42 Å². The van der Waals surface area contributed by atoms with Crippen molar-refractivity contribution in [2.45, 2.75) is 6.42 Å². The predicted octanol–water partition coefficient (Wildman–Crippen LogP) is 0.711. The second-order valence-electron chi connectivity index (χ2n) is 1.64. The summed E-state index contributed by atoms with van der Waals surface area (Å²) in [5.74, 6) is 0. The van der Waals surface area contributed by atoms with Crippen LogP contribution < -0.4 is 4.67 Å². The molecule has 0 amide bonds. The summed E-state index contributed by atoms with van der Waals surface area (Å²) in [4.78, 5) is 0. The van der Waals surface area contributed by atoms with E-state index in [-0.39, 0.29) is 0 Å². The average molecular weight is 106 g/mol. The van der Waals surface area contributed by atoms with Gasteiger partial charge in [-0.3, -0.25) is 0 Å². The number of hydrogen-bond acceptors (Lipinski definition) is 0. The summed E-state index contributed by atoms with van der Waals surface area (Å²) < 4.78 is 3.78. The summed E-state index contributed by atoms with van der Waals surface area (Å²) in [6, 6.07) is 0. The third kappa shape index (κ3) is 0.955. The Bertz CT molecular complexity index is 181. The van der Waals surface area contributed by atoms with Gasteiger partial charge in [-0.1, -0.05) is 18.2 Å². The van der Waals surface area contributed by atoms with Gasteiger partial charge in [-0.25, -0.2) is 0 Å². The zero-order valence-electron chi connectivity index (χ0n) is 4.67. The summed E-state index contributed by atoms with van der Waals surface area (Å²) in [7, 11) is 0. The lowest BCUT2D eigenvalue weighted by Gasteiger charge is -1.84. The maximum absolute atomic E-state index is 3.78. The van der Waals surface area contributed by atoms with Crippen molar-refractivity contribution >= 4 is 12.4 Å². The highest BCUT2D eigenvalue weighted by atomic mass is 14.5. The van der Waals surface area contributed by atoms with Crippen LogP contribution in [0.3, 0.4) is 0 Å². The van der Waals surface area contributed by atoms with Gasteiger partial charge in [0.2, 0.25) is 0 Å². The fourth-order valence-electron chi connectivity index (χ4n) is 0.619. The molecule has 0 aromatic rings. The third-order valence-electron chi connectivity index (χ3n) is 1.07. The van der Waals surface area contributed by atoms with E-state index in [4.69, 9.17) is 0 Å². The van der Waals surface area contributed by atoms with Crippen LogP contribution in [-0.4, -0.2) is 12.4 Å². The molecule has 0 aromatic heterocycles. The number of hydrogen-bond donors (Lipinski definition) is 0. The Kier molecular flexibility index (Phi) is 1.45. The molecule has 0 N–H and O–H groups in total. The van der Waals surface area contributed by atoms with Gasteiger partial charge in [0.1, 0.15) is 0 Å². The first kappa shape index (κ1) is 5.07. The van der Waals surface area contributed by atoms with E-state index in [1.807, 2.05) is 18.2 Å². The SMILES string of the molecule is C=[N+]=C1C=CC=CC1. The maximum Gasteiger partial charge on any atom is 0.306 e. The Morgan fingerprint density at radius 1 is 1.50 bits per heavy atom. The standard InChI is InChI=1S/C7H8N/c1-8-7-5-3-2-4-6-7/h2-5H,1,6H2/q+1. The fourth-order valence-corrected chi connectivity index (χ4v) is 0.619. The van der Waals surface area contributed by atoms with Gasteiger partial charge in [-0.05, 0) is 0 Å². The number of nitrogens with zero attached hydrogens (tertiary/aromatic N) is 1. The van der Waals surface area contributed by atoms with Crippen LogP contribution in [0.4, 0.5) is 0 Å². The van der Waals surface area contributed by atoms with Crippen LogP contribution in [0.15, 0.2) is 24.3 Å². The summed E-state index contributed by atoms with van der Waals surface area (Å²) >= 11 is 0. The van der Waals surface area contributed by atoms with Crippen LogP contribution in [0.1, 0.15) is 6.42 Å². The molecular formula is C7H8N+. The lowest BCUT2D eigenvalue weighted by atomic mass is 10.2. The van der Waals surface area contributed by atoms with Gasteiger partial charge in [-0.15, -0.1) is 4.67 Å². The van der Waals surface area contributed by atoms with Crippen molar-refractivity contribution in [1.29, 1.82) is 0 Å². The van der Waals surface area contributed by atoms with E-state index in [2.05, 4.69) is 17.5 Å². The second-order valence-corrected chi connectivity index (χ2v) is 1.64. The molecule has 0 aliphatic heterocycles. The Morgan fingerprint density at radius 2 is 2.38 bits per heavy atom. The molecule has 0 radical (unpaired) electrons. The van der Waals surface area contributed by atoms with E-state index in [0.29, 0.717) is 0 Å². The number of allylic oxidation sites excluding steroid dienone is 4. The highest BCUT2D eigenvalue weighted by Crippen LogP contribution is 1.94. The first-order valence-corrected chi connectivity index (χ1v) is 2.59. The van der Waals surface area contributed by atoms with E-state index in [9.17, 15) is 0 Å². The van der Waals surface area contributed by atoms with E-state index in [1.165, 1.54) is 0 Å². The molecule has 0 heterocycles. The van der Waals surface area contributed by atoms with Crippen molar-refractivity contribution < 1.29 is 0 Å². The van der Waals surface area contributed by atoms with Crippen LogP contribution >= 0.6 is 0 Å². The molecule has 1 aliphatic carbocycles. The van der Waals surface area contributed by atoms with Crippen molar-refractivity contribution in [2.75, 3.05) is 0 Å². The molecule has 0 fully saturated rings. The largest absolute Gasteiger partial charge is 0.306 e. The molecule has 1 rings (SSSR count). The van der Waals surface area contributed by atoms with E-state index < -0.39 is 0 Å². The predicted molar refractivity (Wildman–Crippen MR) is 37.2 cm³/mol. The summed E-state index contributed by atoms with van der Waals surface area (Å²) in [6.07, 6.45) is 8.93. The van der Waals surface area contributed by atoms with Crippen molar-refractivity contribution in [3.63, 3.8) is 0 Å². The Labute approximate surface area is 48.8 Å². The van der Waals surface area contributed by atoms with Crippen LogP contribution in [-0.2, 0) is 0 Å². The van der Waals surface area contributed by atoms with Gasteiger partial charge >= 0.3 is 5.71 Å². The van der Waals surface area contributed by atoms with Crippen LogP contribution in [0.25, 0.3) is 0 Å². The molecular weight excluding hydrogens is 98.1 g/mol. The lowest BCUT2D eigenvalue weighted by molar-refractivity contribution is 1.43. The zero-order chi connectivity index (χ0) is 5.82. The molecule has 0 saturated carbocycles. The summed E-state index contributed by atoms with van der Waals surface area (Å²) in [5.41, 5.74) is 1.05. The highest BCUT2D eigenvalue weighted by molar-refractivity contribution is 5.96. The van der Waals surface area contributed by atoms with Crippen molar-refractivity contribution in [1.82, 2.24) is 4.67 Å². The van der Waals surface area contributed by atoms with Crippen molar-refractivity contribution in [3.8, 4) is 0 Å². The maximum atomic E-state index is 3.78. The zero-order valence-corrected chi connectivity index (χ0v) is 4.67. The van der Waals surface area contributed by atoms with Crippen LogP contribution in [0.5, 0.6) is 0 Å². The molecule has 0 atom stereocenters. The molecule has 1 aliphatic rings. The molecule has 1 nitrogen and oxygen atoms in total. The minimum atomic E-state index is 0.931. The van der Waals surface area contributed by atoms with Gasteiger partial charge < -0.3 is 0 Å². The van der Waals surface area contributed by atoms with E-state index in [1.54, 1.807) is 0 Å². The lowest BCUT2D eigenvalue weighted by Crippen LogP contribution is -1.96. The third-order valence-corrected chi connectivity index (χ3v) is 1.07. The Morgan fingerprint density at radius 3 is 2.75 bits per heavy atom. The second kappa shape index (κ2) is 2.29. The molecule has 40 valence electrons. The van der Waals surface area contributed by atoms with Gasteiger partial charge in [0, 0.05) is 6.08 Å². The topological polar surface area (TPSA) is 14.1 Å². The first-order valence-electron chi connectivity index (χ1n) is 2.59. The number of rotatable bonds is 0. The molecule has 1 heteroatoms.